The highest BCUT2D eigenvalue weighted by Crippen LogP contribution is 2.67. The predicted molar refractivity (Wildman–Crippen MR) is 265 cm³/mol. The maximum Gasteiger partial charge on any atom is -0.0000469 e. The van der Waals surface area contributed by atoms with Gasteiger partial charge in [-0.15, -0.1) is 0 Å². The molecule has 284 valence electrons. The van der Waals surface area contributed by atoms with Gasteiger partial charge in [-0.05, 0) is 167 Å². The third kappa shape index (κ3) is 4.56. The topological polar surface area (TPSA) is 0 Å². The van der Waals surface area contributed by atoms with E-state index in [-0.39, 0.29) is 0 Å². The number of hydrogen-bond donors (Lipinski definition) is 0. The van der Waals surface area contributed by atoms with Crippen LogP contribution in [0.1, 0.15) is 0 Å². The zero-order valence-corrected chi connectivity index (χ0v) is 33.8. The summed E-state index contributed by atoms with van der Waals surface area (Å²) >= 11 is 0. The monoisotopic (exact) mass is 780 g/mol. The van der Waals surface area contributed by atoms with Crippen LogP contribution in [0, 0.1) is 0 Å². The van der Waals surface area contributed by atoms with Gasteiger partial charge in [-0.3, -0.25) is 0 Å². The first kappa shape index (κ1) is 33.7. The third-order valence-electron chi connectivity index (χ3n) is 13.8. The van der Waals surface area contributed by atoms with Crippen LogP contribution in [0.25, 0.3) is 143 Å². The zero-order chi connectivity index (χ0) is 40.5. The largest absolute Gasteiger partial charge is 0.0622 e. The van der Waals surface area contributed by atoms with E-state index in [1.54, 1.807) is 0 Å². The van der Waals surface area contributed by atoms with Gasteiger partial charge in [-0.1, -0.05) is 194 Å². The fourth-order valence-corrected chi connectivity index (χ4v) is 11.3. The summed E-state index contributed by atoms with van der Waals surface area (Å²) in [5.74, 6) is 0. The van der Waals surface area contributed by atoms with E-state index in [4.69, 9.17) is 0 Å². The van der Waals surface area contributed by atoms with Gasteiger partial charge in [0.25, 0.3) is 0 Å². The predicted octanol–water partition coefficient (Wildman–Crippen LogP) is 17.4. The molecule has 0 saturated heterocycles. The highest BCUT2D eigenvalue weighted by atomic mass is 14.4. The minimum atomic E-state index is 1.23. The maximum atomic E-state index is 2.50. The molecule has 0 aliphatic heterocycles. The van der Waals surface area contributed by atoms with Gasteiger partial charge in [-0.2, -0.15) is 0 Å². The summed E-state index contributed by atoms with van der Waals surface area (Å²) in [6.45, 7) is 0. The molecule has 0 unspecified atom stereocenters. The SMILES string of the molecule is c1ccc(-c2ccc(-c3ccccc3)c3c2-c2c4cc5ccccc5cc4c4c5c(c6cc7ccccc7cc6c-3c25)-c2c(-c3ccccc3)ccc(-c3ccccc3)c2-4)cc1. The third-order valence-corrected chi connectivity index (χ3v) is 13.8. The molecule has 12 aromatic rings. The highest BCUT2D eigenvalue weighted by Gasteiger charge is 2.39. The summed E-state index contributed by atoms with van der Waals surface area (Å²) in [7, 11) is 0. The fourth-order valence-electron chi connectivity index (χ4n) is 11.3. The lowest BCUT2D eigenvalue weighted by molar-refractivity contribution is 1.59. The molecule has 62 heavy (non-hydrogen) atoms. The van der Waals surface area contributed by atoms with Gasteiger partial charge in [0.15, 0.2) is 0 Å². The average Bonchev–Trinajstić information content (AvgIpc) is 3.89. The molecule has 0 heteroatoms. The number of rotatable bonds is 4. The van der Waals surface area contributed by atoms with E-state index in [1.807, 2.05) is 0 Å². The van der Waals surface area contributed by atoms with Crippen molar-refractivity contribution < 1.29 is 0 Å². The van der Waals surface area contributed by atoms with Crippen LogP contribution in [-0.4, -0.2) is 0 Å². The van der Waals surface area contributed by atoms with Gasteiger partial charge < -0.3 is 0 Å². The van der Waals surface area contributed by atoms with Crippen LogP contribution in [0.3, 0.4) is 0 Å². The van der Waals surface area contributed by atoms with Crippen molar-refractivity contribution in [2.45, 2.75) is 0 Å². The molecular weight excluding hydrogens is 745 g/mol. The molecule has 0 radical (unpaired) electrons. The fraction of sp³-hybridized carbons (Fsp3) is 0. The van der Waals surface area contributed by atoms with E-state index >= 15 is 0 Å². The quantitative estimate of drug-likeness (QED) is 0.156. The number of hydrogen-bond acceptors (Lipinski definition) is 0. The Labute approximate surface area is 359 Å². The standard InChI is InChI=1S/C62H36/c1-5-17-37(18-6-1)45-29-30-46(38-19-7-2-8-20-38)54-53(45)57-49-33-41-25-13-14-26-42(41)34-50(49)59-55-47(39-21-9-3-10-22-39)31-32-48(40-23-11-4-12-24-40)56(55)60-52-36-44-28-16-15-27-43(44)35-51(52)58(54)61(57)62(59)60/h1-36H. The molecule has 0 bridgehead atoms. The molecule has 2 aliphatic carbocycles. The minimum Gasteiger partial charge on any atom is -0.0622 e. The van der Waals surface area contributed by atoms with Crippen LogP contribution >= 0.6 is 0 Å². The smallest absolute Gasteiger partial charge is 0.0000469 e. The van der Waals surface area contributed by atoms with E-state index in [0.29, 0.717) is 0 Å². The van der Waals surface area contributed by atoms with Gasteiger partial charge >= 0.3 is 0 Å². The Hall–Kier alpha value is -8.06. The van der Waals surface area contributed by atoms with E-state index in [2.05, 4.69) is 218 Å². The molecular formula is C62H36. The Morgan fingerprint density at radius 2 is 0.387 bits per heavy atom. The first-order chi connectivity index (χ1) is 30.8. The second-order valence-electron chi connectivity index (χ2n) is 17.0. The Morgan fingerprint density at radius 1 is 0.177 bits per heavy atom. The summed E-state index contributed by atoms with van der Waals surface area (Å²) in [5, 5.41) is 13.0. The molecule has 12 aromatic carbocycles. The normalized spacial score (nSPS) is 12.2. The van der Waals surface area contributed by atoms with E-state index in [9.17, 15) is 0 Å². The summed E-state index contributed by atoms with van der Waals surface area (Å²) in [5.41, 5.74) is 20.7. The number of benzene rings is 12. The summed E-state index contributed by atoms with van der Waals surface area (Å²) in [6, 6.07) is 81.7. The summed E-state index contributed by atoms with van der Waals surface area (Å²) in [6.07, 6.45) is 0. The van der Waals surface area contributed by atoms with Crippen LogP contribution in [0.4, 0.5) is 0 Å². The molecule has 0 atom stereocenters. The molecule has 0 aromatic heterocycles. The van der Waals surface area contributed by atoms with Crippen molar-refractivity contribution in [2.75, 3.05) is 0 Å². The van der Waals surface area contributed by atoms with Crippen molar-refractivity contribution in [1.29, 1.82) is 0 Å². The molecule has 2 aliphatic rings. The molecule has 14 rings (SSSR count). The van der Waals surface area contributed by atoms with E-state index in [0.717, 1.165) is 0 Å². The van der Waals surface area contributed by atoms with Crippen LogP contribution in [-0.2, 0) is 0 Å². The van der Waals surface area contributed by atoms with Crippen molar-refractivity contribution in [2.24, 2.45) is 0 Å². The van der Waals surface area contributed by atoms with Crippen molar-refractivity contribution >= 4 is 53.9 Å². The Kier molecular flexibility index (Phi) is 6.92. The van der Waals surface area contributed by atoms with Crippen LogP contribution in [0.15, 0.2) is 218 Å². The molecule has 0 fully saturated rings. The Bertz CT molecular complexity index is 3360. The molecule has 0 spiro atoms. The lowest BCUT2D eigenvalue weighted by atomic mass is 9.83. The van der Waals surface area contributed by atoms with E-state index < -0.39 is 0 Å². The summed E-state index contributed by atoms with van der Waals surface area (Å²) in [4.78, 5) is 0. The lowest BCUT2D eigenvalue weighted by Crippen LogP contribution is -1.92. The minimum absolute atomic E-state index is 1.23. The van der Waals surface area contributed by atoms with E-state index in [1.165, 1.54) is 143 Å². The van der Waals surface area contributed by atoms with Crippen LogP contribution in [0.2, 0.25) is 0 Å². The molecule has 0 N–H and O–H groups in total. The first-order valence-electron chi connectivity index (χ1n) is 21.7. The van der Waals surface area contributed by atoms with Crippen molar-refractivity contribution in [3.63, 3.8) is 0 Å². The van der Waals surface area contributed by atoms with Crippen LogP contribution in [0.5, 0.6) is 0 Å². The maximum absolute atomic E-state index is 2.50. The molecule has 0 amide bonds. The highest BCUT2D eigenvalue weighted by molar-refractivity contribution is 6.44. The van der Waals surface area contributed by atoms with Gasteiger partial charge in [0.2, 0.25) is 0 Å². The number of fused-ring (bicyclic) bond motifs is 14. The lowest BCUT2D eigenvalue weighted by Gasteiger charge is -2.19. The van der Waals surface area contributed by atoms with Gasteiger partial charge in [-0.25, -0.2) is 0 Å². The van der Waals surface area contributed by atoms with Gasteiger partial charge in [0.05, 0.1) is 0 Å². The molecule has 0 nitrogen and oxygen atoms in total. The molecule has 0 saturated carbocycles. The summed E-state index contributed by atoms with van der Waals surface area (Å²) < 4.78 is 0. The second-order valence-corrected chi connectivity index (χ2v) is 17.0. The van der Waals surface area contributed by atoms with Crippen molar-refractivity contribution in [1.82, 2.24) is 0 Å². The zero-order valence-electron chi connectivity index (χ0n) is 33.8. The van der Waals surface area contributed by atoms with Crippen molar-refractivity contribution in [3.8, 4) is 89.0 Å². The Morgan fingerprint density at radius 3 is 0.613 bits per heavy atom. The van der Waals surface area contributed by atoms with Gasteiger partial charge in [0, 0.05) is 0 Å². The van der Waals surface area contributed by atoms with Crippen molar-refractivity contribution in [3.05, 3.63) is 218 Å². The van der Waals surface area contributed by atoms with Crippen LogP contribution < -0.4 is 0 Å². The molecule has 0 heterocycles. The first-order valence-corrected chi connectivity index (χ1v) is 21.7. The average molecular weight is 781 g/mol. The van der Waals surface area contributed by atoms with Gasteiger partial charge in [0.1, 0.15) is 0 Å². The Balaban J connectivity index is 1.30. The second kappa shape index (κ2) is 12.7.